The number of nitriles is 1. The monoisotopic (exact) mass is 568 g/mol. The molecule has 1 saturated heterocycles. The third kappa shape index (κ3) is 8.23. The second-order valence-corrected chi connectivity index (χ2v) is 12.6. The molecule has 1 fully saturated rings. The molecule has 0 spiro atoms. The number of carbonyl (C=O) groups excluding carboxylic acids is 2. The third-order valence-corrected chi connectivity index (χ3v) is 7.96. The summed E-state index contributed by atoms with van der Waals surface area (Å²) < 4.78 is 38.6. The zero-order chi connectivity index (χ0) is 29.5. The Balaban J connectivity index is 1.77. The minimum Gasteiger partial charge on any atom is -0.489 e. The van der Waals surface area contributed by atoms with E-state index >= 15 is 0 Å². The van der Waals surface area contributed by atoms with Crippen molar-refractivity contribution in [1.82, 2.24) is 4.90 Å². The summed E-state index contributed by atoms with van der Waals surface area (Å²) in [5.74, 6) is -0.643. The van der Waals surface area contributed by atoms with Gasteiger partial charge in [-0.2, -0.15) is 5.26 Å². The molecule has 40 heavy (non-hydrogen) atoms. The molecule has 1 aliphatic heterocycles. The molecule has 2 amide bonds. The number of ether oxygens (including phenoxy) is 2. The maximum atomic E-state index is 13.0. The molecule has 0 bridgehead atoms. The van der Waals surface area contributed by atoms with E-state index in [1.807, 2.05) is 26.8 Å². The van der Waals surface area contributed by atoms with Gasteiger partial charge >= 0.3 is 6.09 Å². The largest absolute Gasteiger partial charge is 0.489 e. The number of sulfonamides is 1. The molecule has 0 unspecified atom stereocenters. The minimum absolute atomic E-state index is 0.00842. The van der Waals surface area contributed by atoms with Crippen LogP contribution in [0.15, 0.2) is 48.5 Å². The van der Waals surface area contributed by atoms with E-state index in [1.165, 1.54) is 10.4 Å². The van der Waals surface area contributed by atoms with Crippen LogP contribution in [0.4, 0.5) is 10.5 Å². The quantitative estimate of drug-likeness (QED) is 0.475. The number of carbonyl (C=O) groups is 2. The maximum Gasteiger partial charge on any atom is 0.410 e. The van der Waals surface area contributed by atoms with E-state index in [-0.39, 0.29) is 41.5 Å². The first-order chi connectivity index (χ1) is 18.8. The van der Waals surface area contributed by atoms with Gasteiger partial charge in [0.2, 0.25) is 10.0 Å². The number of hydrogen-bond donors (Lipinski definition) is 1. The molecule has 0 aliphatic carbocycles. The molecule has 3 rings (SSSR count). The molecule has 11 heteroatoms. The zero-order valence-electron chi connectivity index (χ0n) is 23.3. The van der Waals surface area contributed by atoms with E-state index in [4.69, 9.17) is 20.5 Å². The summed E-state index contributed by atoms with van der Waals surface area (Å²) in [5.41, 5.74) is 6.67. The van der Waals surface area contributed by atoms with Gasteiger partial charge < -0.3 is 20.1 Å². The fourth-order valence-electron chi connectivity index (χ4n) is 4.16. The number of benzene rings is 2. The predicted molar refractivity (Wildman–Crippen MR) is 153 cm³/mol. The number of amides is 2. The number of piperidine rings is 1. The Bertz CT molecular complexity index is 1400. The van der Waals surface area contributed by atoms with Crippen LogP contribution < -0.4 is 14.8 Å². The van der Waals surface area contributed by atoms with Crippen molar-refractivity contribution in [3.8, 4) is 11.8 Å². The van der Waals surface area contributed by atoms with E-state index in [0.29, 0.717) is 31.5 Å². The summed E-state index contributed by atoms with van der Waals surface area (Å²) in [5, 5.41) is 9.10. The smallest absolute Gasteiger partial charge is 0.410 e. The average molecular weight is 569 g/mol. The SMILES string of the molecule is CCS(=O)(=O)N(CC=Cc1cccc(C#N)c1)c1ccc(OC2CCN(C(=O)OC(C)(C)C)CC2)c(C(N)=O)c1. The molecule has 0 saturated carbocycles. The van der Waals surface area contributed by atoms with Gasteiger partial charge in [0.25, 0.3) is 5.91 Å². The van der Waals surface area contributed by atoms with Crippen LogP contribution in [0.3, 0.4) is 0 Å². The highest BCUT2D eigenvalue weighted by Gasteiger charge is 2.29. The first-order valence-corrected chi connectivity index (χ1v) is 14.7. The van der Waals surface area contributed by atoms with Crippen molar-refractivity contribution in [2.75, 3.05) is 29.7 Å². The standard InChI is InChI=1S/C29H36N4O6S/c1-5-40(36,37)33(15-7-10-21-8-6-9-22(18-21)20-30)23-11-12-26(25(19-23)27(31)34)38-24-13-16-32(17-14-24)28(35)39-29(2,3)4/h6-12,18-19,24H,5,13-17H2,1-4H3,(H2,31,34). The lowest BCUT2D eigenvalue weighted by Gasteiger charge is -2.33. The number of hydrogen-bond acceptors (Lipinski definition) is 7. The third-order valence-electron chi connectivity index (χ3n) is 6.20. The van der Waals surface area contributed by atoms with Gasteiger partial charge in [-0.15, -0.1) is 0 Å². The normalized spacial score (nSPS) is 14.5. The number of anilines is 1. The fourth-order valence-corrected chi connectivity index (χ4v) is 5.22. The molecule has 2 aromatic rings. The summed E-state index contributed by atoms with van der Waals surface area (Å²) >= 11 is 0. The molecule has 1 heterocycles. The van der Waals surface area contributed by atoms with Gasteiger partial charge in [0.05, 0.1) is 35.2 Å². The van der Waals surface area contributed by atoms with Crippen LogP contribution in [0.25, 0.3) is 6.08 Å². The molecule has 214 valence electrons. The summed E-state index contributed by atoms with van der Waals surface area (Å²) in [6, 6.07) is 13.6. The summed E-state index contributed by atoms with van der Waals surface area (Å²) in [7, 11) is -3.70. The maximum absolute atomic E-state index is 13.0. The highest BCUT2D eigenvalue weighted by Crippen LogP contribution is 2.29. The number of nitrogens with zero attached hydrogens (tertiary/aromatic N) is 3. The van der Waals surface area contributed by atoms with Crippen LogP contribution in [0.2, 0.25) is 0 Å². The van der Waals surface area contributed by atoms with E-state index in [1.54, 1.807) is 54.3 Å². The van der Waals surface area contributed by atoms with E-state index in [2.05, 4.69) is 6.07 Å². The van der Waals surface area contributed by atoms with Crippen LogP contribution in [0, 0.1) is 11.3 Å². The molecule has 1 aliphatic rings. The van der Waals surface area contributed by atoms with E-state index in [0.717, 1.165) is 5.56 Å². The zero-order valence-corrected chi connectivity index (χ0v) is 24.1. The van der Waals surface area contributed by atoms with Crippen molar-refractivity contribution in [2.24, 2.45) is 5.73 Å². The van der Waals surface area contributed by atoms with Crippen molar-refractivity contribution < 1.29 is 27.5 Å². The topological polar surface area (TPSA) is 143 Å². The Morgan fingerprint density at radius 3 is 2.48 bits per heavy atom. The van der Waals surface area contributed by atoms with Crippen LogP contribution >= 0.6 is 0 Å². The molecular formula is C29H36N4O6S. The van der Waals surface area contributed by atoms with Gasteiger partial charge in [0.15, 0.2) is 0 Å². The van der Waals surface area contributed by atoms with Gasteiger partial charge in [-0.05, 0) is 63.6 Å². The van der Waals surface area contributed by atoms with Gasteiger partial charge in [0.1, 0.15) is 17.5 Å². The summed E-state index contributed by atoms with van der Waals surface area (Å²) in [4.78, 5) is 26.3. The van der Waals surface area contributed by atoms with Gasteiger partial charge in [-0.1, -0.05) is 24.3 Å². The molecule has 0 atom stereocenters. The Hall–Kier alpha value is -4.04. The van der Waals surface area contributed by atoms with Crippen molar-refractivity contribution >= 4 is 33.8 Å². The van der Waals surface area contributed by atoms with E-state index in [9.17, 15) is 18.0 Å². The van der Waals surface area contributed by atoms with Crippen molar-refractivity contribution in [3.63, 3.8) is 0 Å². The lowest BCUT2D eigenvalue weighted by Crippen LogP contribution is -2.44. The number of rotatable bonds is 9. The Kier molecular flexibility index (Phi) is 9.82. The van der Waals surface area contributed by atoms with Crippen LogP contribution in [-0.4, -0.2) is 62.4 Å². The highest BCUT2D eigenvalue weighted by molar-refractivity contribution is 7.92. The average Bonchev–Trinajstić information content (AvgIpc) is 2.91. The molecule has 2 N–H and O–H groups in total. The van der Waals surface area contributed by atoms with E-state index < -0.39 is 21.5 Å². The second-order valence-electron chi connectivity index (χ2n) is 10.4. The fraction of sp³-hybridized carbons (Fsp3) is 0.414. The first kappa shape index (κ1) is 30.5. The van der Waals surface area contributed by atoms with Crippen molar-refractivity contribution in [3.05, 3.63) is 65.2 Å². The number of likely N-dealkylation sites (tertiary alicyclic amines) is 1. The number of primary amides is 1. The van der Waals surface area contributed by atoms with Crippen molar-refractivity contribution in [1.29, 1.82) is 5.26 Å². The molecular weight excluding hydrogens is 532 g/mol. The first-order valence-electron chi connectivity index (χ1n) is 13.1. The summed E-state index contributed by atoms with van der Waals surface area (Å²) in [6.07, 6.45) is 3.84. The van der Waals surface area contributed by atoms with Gasteiger partial charge in [-0.25, -0.2) is 13.2 Å². The van der Waals surface area contributed by atoms with Crippen molar-refractivity contribution in [2.45, 2.75) is 52.2 Å². The van der Waals surface area contributed by atoms with Crippen LogP contribution in [0.5, 0.6) is 5.75 Å². The Morgan fingerprint density at radius 2 is 1.88 bits per heavy atom. The highest BCUT2D eigenvalue weighted by atomic mass is 32.2. The minimum atomic E-state index is -3.70. The molecule has 0 aromatic heterocycles. The lowest BCUT2D eigenvalue weighted by molar-refractivity contribution is 0.0126. The lowest BCUT2D eigenvalue weighted by atomic mass is 10.1. The molecule has 0 radical (unpaired) electrons. The predicted octanol–water partition coefficient (Wildman–Crippen LogP) is 4.30. The molecule has 10 nitrogen and oxygen atoms in total. The Morgan fingerprint density at radius 1 is 1.18 bits per heavy atom. The Labute approximate surface area is 236 Å². The van der Waals surface area contributed by atoms with Gasteiger partial charge in [0, 0.05) is 25.9 Å². The summed E-state index contributed by atoms with van der Waals surface area (Å²) in [6.45, 7) is 7.87. The van der Waals surface area contributed by atoms with Crippen LogP contribution in [-0.2, 0) is 14.8 Å². The molecule has 2 aromatic carbocycles. The second kappa shape index (κ2) is 12.9. The van der Waals surface area contributed by atoms with Crippen LogP contribution in [0.1, 0.15) is 62.0 Å². The number of nitrogens with two attached hydrogens (primary N) is 1. The van der Waals surface area contributed by atoms with Gasteiger partial charge in [-0.3, -0.25) is 9.10 Å².